The zero-order chi connectivity index (χ0) is 12.6. The van der Waals surface area contributed by atoms with Crippen molar-refractivity contribution in [2.24, 2.45) is 0 Å². The first kappa shape index (κ1) is 14.4. The van der Waals surface area contributed by atoms with E-state index in [9.17, 15) is 14.7 Å². The van der Waals surface area contributed by atoms with Crippen LogP contribution in [-0.2, 0) is 19.1 Å². The van der Waals surface area contributed by atoms with Crippen LogP contribution in [-0.4, -0.2) is 34.7 Å². The van der Waals surface area contributed by atoms with Gasteiger partial charge in [0.15, 0.2) is 0 Å². The summed E-state index contributed by atoms with van der Waals surface area (Å²) in [6.07, 6.45) is -0.0143. The van der Waals surface area contributed by atoms with Gasteiger partial charge in [-0.2, -0.15) is 0 Å². The molecule has 0 radical (unpaired) electrons. The predicted octanol–water partition coefficient (Wildman–Crippen LogP) is -0.465. The predicted molar refractivity (Wildman–Crippen MR) is 52.6 cm³/mol. The maximum Gasteiger partial charge on any atom is 0.445 e. The molecule has 0 heterocycles. The van der Waals surface area contributed by atoms with Crippen LogP contribution >= 0.6 is 0 Å². The number of carbonyl (C=O) groups excluding carboxylic acids is 2. The lowest BCUT2D eigenvalue weighted by Crippen LogP contribution is -2.38. The fourth-order valence-electron chi connectivity index (χ4n) is 0.676. The Balaban J connectivity index is 4.73. The quantitative estimate of drug-likeness (QED) is 0.385. The zero-order valence-corrected chi connectivity index (χ0v) is 9.15. The molecular formula is C10H14O6. The number of ether oxygens (including phenoxy) is 2. The van der Waals surface area contributed by atoms with Gasteiger partial charge in [-0.1, -0.05) is 19.8 Å². The van der Waals surface area contributed by atoms with Crippen LogP contribution in [0, 0.1) is 11.8 Å². The summed E-state index contributed by atoms with van der Waals surface area (Å²) in [7, 11) is 0. The van der Waals surface area contributed by atoms with Crippen LogP contribution in [0.15, 0.2) is 0 Å². The summed E-state index contributed by atoms with van der Waals surface area (Å²) in [5.41, 5.74) is 0. The summed E-state index contributed by atoms with van der Waals surface area (Å²) >= 11 is 0. The summed E-state index contributed by atoms with van der Waals surface area (Å²) in [6, 6.07) is 0. The molecule has 2 N–H and O–H groups in total. The topological polar surface area (TPSA) is 93.1 Å². The van der Waals surface area contributed by atoms with E-state index in [1.165, 1.54) is 13.8 Å². The van der Waals surface area contributed by atoms with Gasteiger partial charge in [0.1, 0.15) is 6.61 Å². The van der Waals surface area contributed by atoms with Crippen LogP contribution in [0.25, 0.3) is 0 Å². The number of esters is 2. The minimum absolute atomic E-state index is 0.00715. The van der Waals surface area contributed by atoms with Crippen molar-refractivity contribution in [1.29, 1.82) is 0 Å². The Bertz CT molecular complexity index is 293. The van der Waals surface area contributed by atoms with E-state index in [-0.39, 0.29) is 12.8 Å². The van der Waals surface area contributed by atoms with E-state index in [1.807, 2.05) is 11.8 Å². The van der Waals surface area contributed by atoms with Crippen molar-refractivity contribution in [1.82, 2.24) is 0 Å². The molecule has 0 atom stereocenters. The smallest absolute Gasteiger partial charge is 0.388 e. The first-order chi connectivity index (χ1) is 7.47. The second-order valence-electron chi connectivity index (χ2n) is 2.70. The van der Waals surface area contributed by atoms with E-state index in [0.717, 1.165) is 0 Å². The third-order valence-electron chi connectivity index (χ3n) is 1.41. The van der Waals surface area contributed by atoms with Crippen LogP contribution in [0.5, 0.6) is 0 Å². The SMILES string of the molecule is CCC(=O)OC(O)(C#CCO)OC(=O)CC. The average Bonchev–Trinajstić information content (AvgIpc) is 2.25. The van der Waals surface area contributed by atoms with Crippen LogP contribution in [0.3, 0.4) is 0 Å². The van der Waals surface area contributed by atoms with Gasteiger partial charge in [-0.3, -0.25) is 9.59 Å². The fraction of sp³-hybridized carbons (Fsp3) is 0.600. The van der Waals surface area contributed by atoms with E-state index < -0.39 is 24.5 Å². The van der Waals surface area contributed by atoms with Crippen LogP contribution in [0.2, 0.25) is 0 Å². The standard InChI is InChI=1S/C10H14O6/c1-3-8(12)15-10(14,6-5-7-11)16-9(13)4-2/h11,14H,3-4,7H2,1-2H3. The summed E-state index contributed by atoms with van der Waals surface area (Å²) in [6.45, 7) is 2.45. The molecule has 6 heteroatoms. The molecule has 0 rings (SSSR count). The maximum absolute atomic E-state index is 11.0. The van der Waals surface area contributed by atoms with E-state index in [2.05, 4.69) is 9.47 Å². The molecule has 0 aromatic rings. The Morgan fingerprint density at radius 1 is 1.19 bits per heavy atom. The Kier molecular flexibility index (Phi) is 6.15. The van der Waals surface area contributed by atoms with Gasteiger partial charge >= 0.3 is 17.9 Å². The van der Waals surface area contributed by atoms with Crippen molar-refractivity contribution in [2.45, 2.75) is 32.7 Å². The zero-order valence-electron chi connectivity index (χ0n) is 9.15. The van der Waals surface area contributed by atoms with Crippen LogP contribution in [0.4, 0.5) is 0 Å². The highest BCUT2D eigenvalue weighted by molar-refractivity contribution is 5.72. The Morgan fingerprint density at radius 2 is 1.62 bits per heavy atom. The maximum atomic E-state index is 11.0. The summed E-state index contributed by atoms with van der Waals surface area (Å²) in [5, 5.41) is 18.0. The number of rotatable bonds is 4. The molecule has 0 bridgehead atoms. The third kappa shape index (κ3) is 5.34. The number of aliphatic hydroxyl groups is 2. The molecule has 0 unspecified atom stereocenters. The van der Waals surface area contributed by atoms with Crippen molar-refractivity contribution in [3.8, 4) is 11.8 Å². The molecule has 0 aliphatic carbocycles. The Morgan fingerprint density at radius 3 is 1.94 bits per heavy atom. The Hall–Kier alpha value is -1.58. The van der Waals surface area contributed by atoms with E-state index in [0.29, 0.717) is 0 Å². The minimum atomic E-state index is -2.62. The second-order valence-corrected chi connectivity index (χ2v) is 2.70. The monoisotopic (exact) mass is 230 g/mol. The van der Waals surface area contributed by atoms with Crippen LogP contribution in [0.1, 0.15) is 26.7 Å². The fourth-order valence-corrected chi connectivity index (χ4v) is 0.676. The van der Waals surface area contributed by atoms with Gasteiger partial charge in [0.2, 0.25) is 0 Å². The molecule has 0 aliphatic heterocycles. The van der Waals surface area contributed by atoms with Gasteiger partial charge in [0.25, 0.3) is 0 Å². The lowest BCUT2D eigenvalue weighted by molar-refractivity contribution is -0.290. The molecular weight excluding hydrogens is 216 g/mol. The average molecular weight is 230 g/mol. The number of hydrogen-bond donors (Lipinski definition) is 2. The van der Waals surface area contributed by atoms with Gasteiger partial charge in [-0.15, -0.1) is 0 Å². The van der Waals surface area contributed by atoms with Gasteiger partial charge in [0, 0.05) is 18.8 Å². The van der Waals surface area contributed by atoms with Crippen molar-refractivity contribution >= 4 is 11.9 Å². The van der Waals surface area contributed by atoms with Crippen molar-refractivity contribution < 1.29 is 29.3 Å². The number of aliphatic hydroxyl groups excluding tert-OH is 1. The molecule has 90 valence electrons. The lowest BCUT2D eigenvalue weighted by Gasteiger charge is -2.20. The summed E-state index contributed by atoms with van der Waals surface area (Å²) in [5.74, 6) is -0.186. The highest BCUT2D eigenvalue weighted by Crippen LogP contribution is 2.10. The first-order valence-electron chi connectivity index (χ1n) is 4.74. The largest absolute Gasteiger partial charge is 0.445 e. The molecule has 0 amide bonds. The normalized spacial score (nSPS) is 10.0. The van der Waals surface area contributed by atoms with E-state index >= 15 is 0 Å². The molecule has 0 spiro atoms. The van der Waals surface area contributed by atoms with Gasteiger partial charge < -0.3 is 19.7 Å². The van der Waals surface area contributed by atoms with Gasteiger partial charge in [-0.05, 0) is 0 Å². The molecule has 0 aromatic carbocycles. The van der Waals surface area contributed by atoms with Crippen LogP contribution < -0.4 is 0 Å². The molecule has 0 aliphatic rings. The van der Waals surface area contributed by atoms with E-state index in [4.69, 9.17) is 5.11 Å². The van der Waals surface area contributed by atoms with Gasteiger partial charge in [0.05, 0.1) is 0 Å². The number of hydrogen-bond acceptors (Lipinski definition) is 6. The van der Waals surface area contributed by atoms with Crippen molar-refractivity contribution in [2.75, 3.05) is 6.61 Å². The molecule has 16 heavy (non-hydrogen) atoms. The van der Waals surface area contributed by atoms with Gasteiger partial charge in [-0.25, -0.2) is 0 Å². The highest BCUT2D eigenvalue weighted by Gasteiger charge is 2.33. The number of carbonyl (C=O) groups is 2. The first-order valence-corrected chi connectivity index (χ1v) is 4.74. The minimum Gasteiger partial charge on any atom is -0.388 e. The van der Waals surface area contributed by atoms with Crippen molar-refractivity contribution in [3.63, 3.8) is 0 Å². The van der Waals surface area contributed by atoms with Crippen molar-refractivity contribution in [3.05, 3.63) is 0 Å². The highest BCUT2D eigenvalue weighted by atomic mass is 16.8. The Labute approximate surface area is 93.2 Å². The second kappa shape index (κ2) is 6.82. The van der Waals surface area contributed by atoms with E-state index in [1.54, 1.807) is 0 Å². The summed E-state index contributed by atoms with van der Waals surface area (Å²) < 4.78 is 8.90. The summed E-state index contributed by atoms with van der Waals surface area (Å²) in [4.78, 5) is 21.9. The molecule has 0 fully saturated rings. The lowest BCUT2D eigenvalue weighted by atomic mass is 10.4. The molecule has 0 aromatic heterocycles. The molecule has 6 nitrogen and oxygen atoms in total. The third-order valence-corrected chi connectivity index (χ3v) is 1.41. The molecule has 0 saturated heterocycles. The molecule has 0 saturated carbocycles.